The fourth-order valence-electron chi connectivity index (χ4n) is 3.28. The molecule has 2 aromatic carbocycles. The minimum Gasteiger partial charge on any atom is -0.497 e. The van der Waals surface area contributed by atoms with E-state index in [0.29, 0.717) is 5.95 Å². The average molecular weight is 396 g/mol. The smallest absolute Gasteiger partial charge is 0.229 e. The van der Waals surface area contributed by atoms with Crippen LogP contribution >= 0.6 is 11.6 Å². The molecule has 7 heteroatoms. The maximum Gasteiger partial charge on any atom is 0.229 e. The van der Waals surface area contributed by atoms with Crippen LogP contribution in [0.3, 0.4) is 0 Å². The number of anilines is 4. The molecule has 0 unspecified atom stereocenters. The zero-order valence-corrected chi connectivity index (χ0v) is 16.4. The Morgan fingerprint density at radius 3 is 2.54 bits per heavy atom. The van der Waals surface area contributed by atoms with Crippen molar-refractivity contribution in [3.05, 3.63) is 65.8 Å². The third kappa shape index (κ3) is 4.28. The molecule has 28 heavy (non-hydrogen) atoms. The summed E-state index contributed by atoms with van der Waals surface area (Å²) in [5, 5.41) is 4.01. The van der Waals surface area contributed by atoms with E-state index in [1.165, 1.54) is 0 Å². The predicted octanol–water partition coefficient (Wildman–Crippen LogP) is 4.21. The molecule has 1 saturated heterocycles. The van der Waals surface area contributed by atoms with Crippen LogP contribution in [0.1, 0.15) is 0 Å². The molecule has 1 aromatic heterocycles. The van der Waals surface area contributed by atoms with Crippen LogP contribution < -0.4 is 19.9 Å². The Labute approximate surface area is 169 Å². The van der Waals surface area contributed by atoms with E-state index in [0.717, 1.165) is 54.1 Å². The SMILES string of the molecule is COc1cccc(Nc2nccc(N3CCN(c4cccc(Cl)c4)CC3)n2)c1. The zero-order valence-electron chi connectivity index (χ0n) is 15.7. The predicted molar refractivity (Wildman–Crippen MR) is 114 cm³/mol. The first-order valence-electron chi connectivity index (χ1n) is 9.21. The number of nitrogens with zero attached hydrogens (tertiary/aromatic N) is 4. The highest BCUT2D eigenvalue weighted by Gasteiger charge is 2.19. The Balaban J connectivity index is 1.42. The van der Waals surface area contributed by atoms with E-state index in [9.17, 15) is 0 Å². The second kappa shape index (κ2) is 8.35. The summed E-state index contributed by atoms with van der Waals surface area (Å²) in [6.07, 6.45) is 1.79. The molecule has 0 amide bonds. The van der Waals surface area contributed by atoms with E-state index in [4.69, 9.17) is 16.3 Å². The van der Waals surface area contributed by atoms with Gasteiger partial charge in [0.2, 0.25) is 5.95 Å². The van der Waals surface area contributed by atoms with Crippen LogP contribution in [0.5, 0.6) is 5.75 Å². The van der Waals surface area contributed by atoms with Crippen LogP contribution in [-0.4, -0.2) is 43.3 Å². The zero-order chi connectivity index (χ0) is 19.3. The number of nitrogens with one attached hydrogen (secondary N) is 1. The molecule has 6 nitrogen and oxygen atoms in total. The summed E-state index contributed by atoms with van der Waals surface area (Å²) in [6.45, 7) is 3.62. The monoisotopic (exact) mass is 395 g/mol. The molecule has 1 fully saturated rings. The first-order valence-corrected chi connectivity index (χ1v) is 9.59. The summed E-state index contributed by atoms with van der Waals surface area (Å²) in [7, 11) is 1.65. The van der Waals surface area contributed by atoms with Crippen molar-refractivity contribution in [1.29, 1.82) is 0 Å². The van der Waals surface area contributed by atoms with E-state index in [1.54, 1.807) is 13.3 Å². The Morgan fingerprint density at radius 2 is 1.75 bits per heavy atom. The molecule has 0 bridgehead atoms. The summed E-state index contributed by atoms with van der Waals surface area (Å²) in [5.41, 5.74) is 2.05. The molecule has 0 spiro atoms. The van der Waals surface area contributed by atoms with Gasteiger partial charge < -0.3 is 19.9 Å². The van der Waals surface area contributed by atoms with Gasteiger partial charge in [-0.1, -0.05) is 23.7 Å². The quantitative estimate of drug-likeness (QED) is 0.698. The van der Waals surface area contributed by atoms with Crippen molar-refractivity contribution >= 4 is 34.7 Å². The highest BCUT2D eigenvalue weighted by molar-refractivity contribution is 6.30. The van der Waals surface area contributed by atoms with E-state index in [1.807, 2.05) is 48.5 Å². The Hall–Kier alpha value is -2.99. The summed E-state index contributed by atoms with van der Waals surface area (Å²) in [4.78, 5) is 13.6. The number of piperazine rings is 1. The molecule has 0 aliphatic carbocycles. The number of hydrogen-bond acceptors (Lipinski definition) is 6. The average Bonchev–Trinajstić information content (AvgIpc) is 2.74. The molecule has 0 atom stereocenters. The highest BCUT2D eigenvalue weighted by atomic mass is 35.5. The van der Waals surface area contributed by atoms with E-state index >= 15 is 0 Å². The third-order valence-electron chi connectivity index (χ3n) is 4.74. The van der Waals surface area contributed by atoms with Gasteiger partial charge in [0.1, 0.15) is 11.6 Å². The van der Waals surface area contributed by atoms with Crippen molar-refractivity contribution in [2.24, 2.45) is 0 Å². The van der Waals surface area contributed by atoms with Crippen molar-refractivity contribution in [2.75, 3.05) is 48.4 Å². The Kier molecular flexibility index (Phi) is 5.48. The molecule has 0 radical (unpaired) electrons. The molecular weight excluding hydrogens is 374 g/mol. The van der Waals surface area contributed by atoms with Gasteiger partial charge in [-0.2, -0.15) is 4.98 Å². The first-order chi connectivity index (χ1) is 13.7. The molecule has 3 aromatic rings. The minimum atomic E-state index is 0.572. The number of ether oxygens (including phenoxy) is 1. The fraction of sp³-hybridized carbons (Fsp3) is 0.238. The van der Waals surface area contributed by atoms with Gasteiger partial charge in [0, 0.05) is 54.8 Å². The van der Waals surface area contributed by atoms with Crippen LogP contribution in [-0.2, 0) is 0 Å². The lowest BCUT2D eigenvalue weighted by Crippen LogP contribution is -2.46. The van der Waals surface area contributed by atoms with Crippen LogP contribution in [0.25, 0.3) is 0 Å². The number of methoxy groups -OCH3 is 1. The highest BCUT2D eigenvalue weighted by Crippen LogP contribution is 2.24. The van der Waals surface area contributed by atoms with Gasteiger partial charge in [0.05, 0.1) is 7.11 Å². The lowest BCUT2D eigenvalue weighted by Gasteiger charge is -2.36. The van der Waals surface area contributed by atoms with Crippen molar-refractivity contribution < 1.29 is 4.74 Å². The van der Waals surface area contributed by atoms with Gasteiger partial charge >= 0.3 is 0 Å². The lowest BCUT2D eigenvalue weighted by molar-refractivity contribution is 0.415. The van der Waals surface area contributed by atoms with Crippen LogP contribution in [0.4, 0.5) is 23.1 Å². The molecule has 1 aliphatic heterocycles. The first kappa shape index (κ1) is 18.4. The number of halogens is 1. The van der Waals surface area contributed by atoms with Gasteiger partial charge in [-0.3, -0.25) is 0 Å². The molecule has 144 valence electrons. The van der Waals surface area contributed by atoms with Gasteiger partial charge in [-0.05, 0) is 36.4 Å². The van der Waals surface area contributed by atoms with Crippen LogP contribution in [0.15, 0.2) is 60.8 Å². The second-order valence-electron chi connectivity index (χ2n) is 6.55. The van der Waals surface area contributed by atoms with Crippen molar-refractivity contribution in [3.63, 3.8) is 0 Å². The van der Waals surface area contributed by atoms with Crippen LogP contribution in [0.2, 0.25) is 5.02 Å². The van der Waals surface area contributed by atoms with E-state index in [-0.39, 0.29) is 0 Å². The molecule has 2 heterocycles. The molecule has 0 saturated carbocycles. The molecule has 1 N–H and O–H groups in total. The maximum absolute atomic E-state index is 6.12. The third-order valence-corrected chi connectivity index (χ3v) is 4.98. The number of benzene rings is 2. The summed E-state index contributed by atoms with van der Waals surface area (Å²) in [6, 6.07) is 17.7. The summed E-state index contributed by atoms with van der Waals surface area (Å²) >= 11 is 6.12. The number of aromatic nitrogens is 2. The summed E-state index contributed by atoms with van der Waals surface area (Å²) in [5.74, 6) is 2.28. The van der Waals surface area contributed by atoms with E-state index in [2.05, 4.69) is 31.2 Å². The standard InChI is InChI=1S/C21H22ClN5O/c1-28-19-7-3-5-17(15-19)24-21-23-9-8-20(25-21)27-12-10-26(11-13-27)18-6-2-4-16(22)14-18/h2-9,14-15H,10-13H2,1H3,(H,23,24,25). The number of hydrogen-bond donors (Lipinski definition) is 1. The molecular formula is C21H22ClN5O. The molecule has 4 rings (SSSR count). The number of rotatable bonds is 5. The van der Waals surface area contributed by atoms with Crippen molar-refractivity contribution in [3.8, 4) is 5.75 Å². The van der Waals surface area contributed by atoms with E-state index < -0.39 is 0 Å². The lowest BCUT2D eigenvalue weighted by atomic mass is 10.2. The topological polar surface area (TPSA) is 53.5 Å². The van der Waals surface area contributed by atoms with Crippen molar-refractivity contribution in [1.82, 2.24) is 9.97 Å². The van der Waals surface area contributed by atoms with Gasteiger partial charge in [0.15, 0.2) is 0 Å². The molecule has 1 aliphatic rings. The van der Waals surface area contributed by atoms with Gasteiger partial charge in [-0.15, -0.1) is 0 Å². The Morgan fingerprint density at radius 1 is 0.964 bits per heavy atom. The normalized spacial score (nSPS) is 14.1. The maximum atomic E-state index is 6.12. The summed E-state index contributed by atoms with van der Waals surface area (Å²) < 4.78 is 5.26. The largest absolute Gasteiger partial charge is 0.497 e. The fourth-order valence-corrected chi connectivity index (χ4v) is 3.47. The van der Waals surface area contributed by atoms with Crippen molar-refractivity contribution in [2.45, 2.75) is 0 Å². The van der Waals surface area contributed by atoms with Gasteiger partial charge in [-0.25, -0.2) is 4.98 Å². The second-order valence-corrected chi connectivity index (χ2v) is 6.99. The Bertz CT molecular complexity index is 943. The van der Waals surface area contributed by atoms with Crippen LogP contribution in [0, 0.1) is 0 Å². The minimum absolute atomic E-state index is 0.572. The van der Waals surface area contributed by atoms with Gasteiger partial charge in [0.25, 0.3) is 0 Å².